The number of sulfonamides is 1. The molecule has 0 unspecified atom stereocenters. The van der Waals surface area contributed by atoms with Crippen LogP contribution in [0.4, 0.5) is 0 Å². The zero-order valence-corrected chi connectivity index (χ0v) is 13.5. The normalized spacial score (nSPS) is 12.7. The van der Waals surface area contributed by atoms with Gasteiger partial charge < -0.3 is 0 Å². The molecule has 0 atom stereocenters. The van der Waals surface area contributed by atoms with E-state index in [-0.39, 0.29) is 18.0 Å². The Balaban J connectivity index is 2.12. The van der Waals surface area contributed by atoms with E-state index in [0.717, 1.165) is 10.2 Å². The second-order valence-corrected chi connectivity index (χ2v) is 9.74. The van der Waals surface area contributed by atoms with Gasteiger partial charge in [0.05, 0.1) is 16.8 Å². The van der Waals surface area contributed by atoms with Gasteiger partial charge in [0.1, 0.15) is 4.90 Å². The average Bonchev–Trinajstić information content (AvgIpc) is 2.80. The van der Waals surface area contributed by atoms with Gasteiger partial charge in [-0.3, -0.25) is 9.19 Å². The molecule has 0 aliphatic heterocycles. The third-order valence-corrected chi connectivity index (χ3v) is 5.48. The molecule has 0 amide bonds. The monoisotopic (exact) mass is 333 g/mol. The Labute approximate surface area is 122 Å². The summed E-state index contributed by atoms with van der Waals surface area (Å²) < 4.78 is 42.6. The summed E-state index contributed by atoms with van der Waals surface area (Å²) in [5.74, 6) is 0. The van der Waals surface area contributed by atoms with Crippen molar-refractivity contribution in [2.75, 3.05) is 25.6 Å². The van der Waals surface area contributed by atoms with Crippen molar-refractivity contribution in [3.8, 4) is 0 Å². The lowest BCUT2D eigenvalue weighted by Gasteiger charge is -2.05. The number of hydrogen-bond donors (Lipinski definition) is 1. The molecule has 1 N–H and O–H groups in total. The van der Waals surface area contributed by atoms with E-state index in [1.807, 2.05) is 11.4 Å². The van der Waals surface area contributed by atoms with Crippen molar-refractivity contribution >= 4 is 41.3 Å². The van der Waals surface area contributed by atoms with Crippen molar-refractivity contribution < 1.29 is 12.6 Å². The predicted molar refractivity (Wildman–Crippen MR) is 82.1 cm³/mol. The molecule has 2 rings (SSSR count). The van der Waals surface area contributed by atoms with Crippen molar-refractivity contribution in [1.29, 1.82) is 0 Å². The number of thiophene rings is 1. The van der Waals surface area contributed by atoms with Crippen LogP contribution < -0.4 is 4.72 Å². The zero-order chi connectivity index (χ0) is 14.8. The van der Waals surface area contributed by atoms with Crippen molar-refractivity contribution in [2.45, 2.75) is 4.90 Å². The SMILES string of the molecule is CS(C)(=O)=NCCNS(=O)(=O)c1cnc2ccsc2c1. The molecule has 0 aromatic carbocycles. The number of fused-ring (bicyclic) bond motifs is 1. The summed E-state index contributed by atoms with van der Waals surface area (Å²) in [7, 11) is -5.80. The van der Waals surface area contributed by atoms with Gasteiger partial charge in [-0.2, -0.15) is 0 Å². The molecule has 0 fully saturated rings. The summed E-state index contributed by atoms with van der Waals surface area (Å²) in [5, 5.41) is 1.86. The molecule has 0 saturated heterocycles. The van der Waals surface area contributed by atoms with E-state index < -0.39 is 19.8 Å². The van der Waals surface area contributed by atoms with E-state index >= 15 is 0 Å². The summed E-state index contributed by atoms with van der Waals surface area (Å²) in [4.78, 5) is 4.22. The van der Waals surface area contributed by atoms with Crippen molar-refractivity contribution in [3.05, 3.63) is 23.7 Å². The largest absolute Gasteiger partial charge is 0.254 e. The van der Waals surface area contributed by atoms with Gasteiger partial charge in [0.15, 0.2) is 0 Å². The van der Waals surface area contributed by atoms with Crippen LogP contribution in [-0.4, -0.2) is 43.2 Å². The van der Waals surface area contributed by atoms with Crippen molar-refractivity contribution in [1.82, 2.24) is 9.71 Å². The minimum absolute atomic E-state index is 0.115. The number of aromatic nitrogens is 1. The fraction of sp³-hybridized carbons (Fsp3) is 0.364. The van der Waals surface area contributed by atoms with Crippen LogP contribution in [0.5, 0.6) is 0 Å². The zero-order valence-electron chi connectivity index (χ0n) is 11.1. The highest BCUT2D eigenvalue weighted by Crippen LogP contribution is 2.21. The van der Waals surface area contributed by atoms with Crippen LogP contribution in [0.3, 0.4) is 0 Å². The van der Waals surface area contributed by atoms with Crippen LogP contribution in [0.2, 0.25) is 0 Å². The summed E-state index contributed by atoms with van der Waals surface area (Å²) in [6, 6.07) is 3.43. The van der Waals surface area contributed by atoms with E-state index in [9.17, 15) is 12.6 Å². The van der Waals surface area contributed by atoms with Crippen LogP contribution >= 0.6 is 11.3 Å². The highest BCUT2D eigenvalue weighted by Gasteiger charge is 2.14. The first-order valence-electron chi connectivity index (χ1n) is 5.74. The highest BCUT2D eigenvalue weighted by molar-refractivity contribution is 7.92. The fourth-order valence-corrected chi connectivity index (χ4v) is 3.88. The lowest BCUT2D eigenvalue weighted by atomic mass is 10.4. The third-order valence-electron chi connectivity index (χ3n) is 2.39. The smallest absolute Gasteiger partial charge is 0.242 e. The summed E-state index contributed by atoms with van der Waals surface area (Å²) in [6.07, 6.45) is 4.35. The number of rotatable bonds is 5. The quantitative estimate of drug-likeness (QED) is 0.835. The molecule has 0 spiro atoms. The second kappa shape index (κ2) is 5.76. The average molecular weight is 333 g/mol. The second-order valence-electron chi connectivity index (χ2n) is 4.41. The van der Waals surface area contributed by atoms with E-state index in [1.165, 1.54) is 30.0 Å². The van der Waals surface area contributed by atoms with Gasteiger partial charge in [-0.05, 0) is 17.5 Å². The first-order valence-corrected chi connectivity index (χ1v) is 10.4. The van der Waals surface area contributed by atoms with Gasteiger partial charge in [0, 0.05) is 35.0 Å². The van der Waals surface area contributed by atoms with Crippen molar-refractivity contribution in [2.24, 2.45) is 4.36 Å². The summed E-state index contributed by atoms with van der Waals surface area (Å²) >= 11 is 1.44. The van der Waals surface area contributed by atoms with Gasteiger partial charge in [-0.1, -0.05) is 0 Å². The van der Waals surface area contributed by atoms with Crippen molar-refractivity contribution in [3.63, 3.8) is 0 Å². The molecule has 0 radical (unpaired) electrons. The Hall–Kier alpha value is -1.03. The van der Waals surface area contributed by atoms with Gasteiger partial charge >= 0.3 is 0 Å². The lowest BCUT2D eigenvalue weighted by Crippen LogP contribution is -2.26. The Kier molecular flexibility index (Phi) is 4.43. The summed E-state index contributed by atoms with van der Waals surface area (Å²) in [5.41, 5.74) is 0.778. The Morgan fingerprint density at radius 1 is 1.35 bits per heavy atom. The molecule has 6 nitrogen and oxygen atoms in total. The van der Waals surface area contributed by atoms with Gasteiger partial charge in [0.25, 0.3) is 0 Å². The van der Waals surface area contributed by atoms with Gasteiger partial charge in [-0.15, -0.1) is 11.3 Å². The molecular weight excluding hydrogens is 318 g/mol. The molecule has 0 bridgehead atoms. The number of hydrogen-bond acceptors (Lipinski definition) is 6. The number of nitrogens with one attached hydrogen (secondary N) is 1. The molecule has 0 aliphatic rings. The lowest BCUT2D eigenvalue weighted by molar-refractivity contribution is 0.582. The first-order chi connectivity index (χ1) is 9.28. The fourth-order valence-electron chi connectivity index (χ4n) is 1.50. The van der Waals surface area contributed by atoms with Crippen LogP contribution in [0.25, 0.3) is 10.2 Å². The first kappa shape index (κ1) is 15.4. The maximum atomic E-state index is 12.1. The molecule has 2 aromatic heterocycles. The van der Waals surface area contributed by atoms with Crippen LogP contribution in [0, 0.1) is 0 Å². The van der Waals surface area contributed by atoms with E-state index in [4.69, 9.17) is 0 Å². The van der Waals surface area contributed by atoms with Gasteiger partial charge in [0.2, 0.25) is 10.0 Å². The molecule has 0 aliphatic carbocycles. The third kappa shape index (κ3) is 3.98. The Morgan fingerprint density at radius 3 is 2.80 bits per heavy atom. The molecule has 9 heteroatoms. The molecule has 2 aromatic rings. The molecular formula is C11H15N3O3S3. The van der Waals surface area contributed by atoms with Gasteiger partial charge in [-0.25, -0.2) is 17.5 Å². The highest BCUT2D eigenvalue weighted by atomic mass is 32.2. The Morgan fingerprint density at radius 2 is 2.10 bits per heavy atom. The van der Waals surface area contributed by atoms with Crippen LogP contribution in [-0.2, 0) is 19.8 Å². The minimum atomic E-state index is -3.61. The Bertz CT molecular complexity index is 825. The van der Waals surface area contributed by atoms with E-state index in [0.29, 0.717) is 0 Å². The standard InChI is InChI=1S/C11H15N3O3S3/c1-19(2,15)13-4-5-14-20(16,17)9-7-11-10(12-8-9)3-6-18-11/h3,6-8,14H,4-5H2,1-2H3. The minimum Gasteiger partial charge on any atom is -0.254 e. The molecule has 0 saturated carbocycles. The maximum absolute atomic E-state index is 12.1. The van der Waals surface area contributed by atoms with E-state index in [2.05, 4.69) is 14.1 Å². The molecule has 110 valence electrons. The van der Waals surface area contributed by atoms with Crippen LogP contribution in [0.15, 0.2) is 33.0 Å². The van der Waals surface area contributed by atoms with E-state index in [1.54, 1.807) is 6.07 Å². The number of pyridine rings is 1. The van der Waals surface area contributed by atoms with Crippen LogP contribution in [0.1, 0.15) is 0 Å². The predicted octanol–water partition coefficient (Wildman–Crippen LogP) is 1.30. The molecule has 20 heavy (non-hydrogen) atoms. The number of nitrogens with zero attached hydrogens (tertiary/aromatic N) is 2. The summed E-state index contributed by atoms with van der Waals surface area (Å²) in [6.45, 7) is 0.295. The maximum Gasteiger partial charge on any atom is 0.242 e. The topological polar surface area (TPSA) is 88.5 Å². The molecule has 2 heterocycles.